The van der Waals surface area contributed by atoms with E-state index in [4.69, 9.17) is 0 Å². The Kier molecular flexibility index (Phi) is 10.3. The van der Waals surface area contributed by atoms with Crippen molar-refractivity contribution in [1.29, 1.82) is 0 Å². The predicted octanol–water partition coefficient (Wildman–Crippen LogP) is 5.34. The van der Waals surface area contributed by atoms with Crippen LogP contribution in [0.3, 0.4) is 0 Å². The van der Waals surface area contributed by atoms with E-state index in [1.54, 1.807) is 41.1 Å². The van der Waals surface area contributed by atoms with Gasteiger partial charge in [-0.3, -0.25) is 19.3 Å². The number of urea groups is 1. The first-order valence-corrected chi connectivity index (χ1v) is 15.7. The highest BCUT2D eigenvalue weighted by atomic mass is 19.4. The van der Waals surface area contributed by atoms with Crippen LogP contribution >= 0.6 is 0 Å². The summed E-state index contributed by atoms with van der Waals surface area (Å²) >= 11 is 0. The standard InChI is InChI=1S/C32H42F3N7O4/c1-7-40(8-2)29-36-19-25(41(20(3)4)28(45)32(33,34)35)26(38-29)37-24(21(5)43)18-22-12-14-23(15-13-22)42-27(44)31(39(6)30(42)46)16-10-9-11-17-31/h12-15,19-20,24H,7-11,16-18H2,1-6H3,(H,36,37,38)/t24-/m0/s1. The van der Waals surface area contributed by atoms with Gasteiger partial charge in [-0.15, -0.1) is 0 Å². The molecule has 2 heterocycles. The molecule has 1 spiro atoms. The van der Waals surface area contributed by atoms with Crippen molar-refractivity contribution < 1.29 is 32.3 Å². The summed E-state index contributed by atoms with van der Waals surface area (Å²) in [5.74, 6) is -2.49. The van der Waals surface area contributed by atoms with Crippen LogP contribution in [0.1, 0.15) is 72.3 Å². The number of carbonyl (C=O) groups is 4. The fourth-order valence-electron chi connectivity index (χ4n) is 6.23. The van der Waals surface area contributed by atoms with Crippen molar-refractivity contribution in [3.05, 3.63) is 36.0 Å². The van der Waals surface area contributed by atoms with Crippen molar-refractivity contribution >= 4 is 46.8 Å². The monoisotopic (exact) mass is 645 g/mol. The molecule has 1 aliphatic heterocycles. The number of hydrogen-bond acceptors (Lipinski definition) is 8. The average molecular weight is 646 g/mol. The number of aromatic nitrogens is 2. The molecular formula is C32H42F3N7O4. The molecule has 4 rings (SSSR count). The number of alkyl halides is 3. The first-order chi connectivity index (χ1) is 21.7. The number of halogens is 3. The van der Waals surface area contributed by atoms with Crippen molar-refractivity contribution in [2.75, 3.05) is 40.2 Å². The van der Waals surface area contributed by atoms with E-state index in [1.807, 2.05) is 13.8 Å². The average Bonchev–Trinajstić information content (AvgIpc) is 3.18. The number of nitrogens with zero attached hydrogens (tertiary/aromatic N) is 6. The van der Waals surface area contributed by atoms with Gasteiger partial charge in [-0.1, -0.05) is 31.4 Å². The SMILES string of the molecule is CCN(CC)c1ncc(N(C(=O)C(F)(F)F)C(C)C)c(N[C@@H](Cc2ccc(N3C(=O)N(C)C4(CCCCC4)C3=O)cc2)C(C)=O)n1. The molecule has 46 heavy (non-hydrogen) atoms. The van der Waals surface area contributed by atoms with E-state index >= 15 is 0 Å². The van der Waals surface area contributed by atoms with E-state index in [0.717, 1.165) is 19.3 Å². The van der Waals surface area contributed by atoms with Crippen LogP contribution in [0.25, 0.3) is 0 Å². The Morgan fingerprint density at radius 2 is 1.65 bits per heavy atom. The van der Waals surface area contributed by atoms with E-state index in [9.17, 15) is 32.3 Å². The lowest BCUT2D eigenvalue weighted by Gasteiger charge is -2.35. The number of Topliss-reactive ketones (excluding diaryl/α,β-unsaturated/α-hetero) is 1. The Bertz CT molecular complexity index is 1450. The van der Waals surface area contributed by atoms with Gasteiger partial charge in [0.05, 0.1) is 17.9 Å². The fourth-order valence-corrected chi connectivity index (χ4v) is 6.23. The van der Waals surface area contributed by atoms with E-state index in [2.05, 4.69) is 15.3 Å². The number of nitrogens with one attached hydrogen (secondary N) is 1. The lowest BCUT2D eigenvalue weighted by atomic mass is 9.80. The number of likely N-dealkylation sites (N-methyl/N-ethyl adjacent to an activating group) is 1. The van der Waals surface area contributed by atoms with Gasteiger partial charge in [0.25, 0.3) is 5.91 Å². The molecule has 250 valence electrons. The minimum absolute atomic E-state index is 0.0888. The van der Waals surface area contributed by atoms with Crippen LogP contribution in [-0.2, 0) is 20.8 Å². The molecule has 2 aliphatic rings. The second kappa shape index (κ2) is 13.6. The van der Waals surface area contributed by atoms with Crippen LogP contribution in [0, 0.1) is 0 Å². The molecule has 1 aliphatic carbocycles. The molecule has 1 saturated carbocycles. The van der Waals surface area contributed by atoms with Gasteiger partial charge in [0.15, 0.2) is 11.6 Å². The normalized spacial score (nSPS) is 17.1. The van der Waals surface area contributed by atoms with Crippen molar-refractivity contribution in [2.45, 2.75) is 96.9 Å². The van der Waals surface area contributed by atoms with Gasteiger partial charge in [-0.05, 0) is 71.6 Å². The highest BCUT2D eigenvalue weighted by molar-refractivity contribution is 6.23. The molecule has 0 unspecified atom stereocenters. The zero-order chi connectivity index (χ0) is 34.0. The van der Waals surface area contributed by atoms with Gasteiger partial charge in [-0.25, -0.2) is 14.7 Å². The molecule has 14 heteroatoms. The van der Waals surface area contributed by atoms with Gasteiger partial charge in [0, 0.05) is 26.2 Å². The molecule has 1 aromatic carbocycles. The van der Waals surface area contributed by atoms with Crippen molar-refractivity contribution in [3.8, 4) is 0 Å². The maximum Gasteiger partial charge on any atom is 0.471 e. The van der Waals surface area contributed by atoms with Crippen molar-refractivity contribution in [2.24, 2.45) is 0 Å². The summed E-state index contributed by atoms with van der Waals surface area (Å²) in [6.45, 7) is 9.02. The Balaban J connectivity index is 1.64. The second-order valence-corrected chi connectivity index (χ2v) is 12.1. The minimum Gasteiger partial charge on any atom is -0.358 e. The summed E-state index contributed by atoms with van der Waals surface area (Å²) in [5.41, 5.74) is 0.0546. The number of anilines is 4. The lowest BCUT2D eigenvalue weighted by molar-refractivity contribution is -0.170. The third-order valence-corrected chi connectivity index (χ3v) is 8.88. The van der Waals surface area contributed by atoms with Gasteiger partial charge in [0.2, 0.25) is 5.95 Å². The highest BCUT2D eigenvalue weighted by Gasteiger charge is 2.56. The zero-order valence-corrected chi connectivity index (χ0v) is 27.1. The van der Waals surface area contributed by atoms with Crippen LogP contribution < -0.4 is 20.0 Å². The summed E-state index contributed by atoms with van der Waals surface area (Å²) in [6, 6.07) is 4.48. The van der Waals surface area contributed by atoms with Crippen LogP contribution in [0.15, 0.2) is 30.5 Å². The third-order valence-electron chi connectivity index (χ3n) is 8.88. The Morgan fingerprint density at radius 1 is 1.04 bits per heavy atom. The molecule has 1 N–H and O–H groups in total. The smallest absolute Gasteiger partial charge is 0.358 e. The second-order valence-electron chi connectivity index (χ2n) is 12.1. The molecule has 4 amide bonds. The Labute approximate surface area is 267 Å². The van der Waals surface area contributed by atoms with E-state index in [0.29, 0.717) is 42.1 Å². The maximum absolute atomic E-state index is 13.6. The molecule has 1 aromatic heterocycles. The van der Waals surface area contributed by atoms with Gasteiger partial charge in [0.1, 0.15) is 11.2 Å². The number of imide groups is 1. The number of benzene rings is 1. The molecular weight excluding hydrogens is 603 g/mol. The number of amides is 4. The quantitative estimate of drug-likeness (QED) is 0.326. The topological polar surface area (TPSA) is 119 Å². The van der Waals surface area contributed by atoms with Gasteiger partial charge < -0.3 is 15.1 Å². The molecule has 1 atom stereocenters. The highest BCUT2D eigenvalue weighted by Crippen LogP contribution is 2.41. The van der Waals surface area contributed by atoms with Crippen LogP contribution in [0.4, 0.5) is 41.1 Å². The Hall–Kier alpha value is -4.23. The maximum atomic E-state index is 13.6. The molecule has 0 bridgehead atoms. The number of ketones is 1. The van der Waals surface area contributed by atoms with Gasteiger partial charge in [-0.2, -0.15) is 18.2 Å². The number of carbonyl (C=O) groups excluding carboxylic acids is 4. The minimum atomic E-state index is -5.15. The molecule has 2 fully saturated rings. The molecule has 1 saturated heterocycles. The molecule has 0 radical (unpaired) electrons. The summed E-state index contributed by atoms with van der Waals surface area (Å²) in [6.07, 6.45) is 0.150. The fraction of sp³-hybridized carbons (Fsp3) is 0.562. The van der Waals surface area contributed by atoms with Crippen LogP contribution in [0.5, 0.6) is 0 Å². The summed E-state index contributed by atoms with van der Waals surface area (Å²) in [7, 11) is 1.67. The first-order valence-electron chi connectivity index (χ1n) is 15.7. The summed E-state index contributed by atoms with van der Waals surface area (Å²) in [5, 5.41) is 3.00. The van der Waals surface area contributed by atoms with E-state index in [-0.39, 0.29) is 41.6 Å². The Morgan fingerprint density at radius 3 is 2.17 bits per heavy atom. The van der Waals surface area contributed by atoms with Crippen molar-refractivity contribution in [3.63, 3.8) is 0 Å². The molecule has 2 aromatic rings. The zero-order valence-electron chi connectivity index (χ0n) is 27.1. The van der Waals surface area contributed by atoms with Crippen molar-refractivity contribution in [1.82, 2.24) is 14.9 Å². The molecule has 11 nitrogen and oxygen atoms in total. The summed E-state index contributed by atoms with van der Waals surface area (Å²) in [4.78, 5) is 65.9. The predicted molar refractivity (Wildman–Crippen MR) is 169 cm³/mol. The van der Waals surface area contributed by atoms with E-state index in [1.165, 1.54) is 31.9 Å². The largest absolute Gasteiger partial charge is 0.471 e. The van der Waals surface area contributed by atoms with Gasteiger partial charge >= 0.3 is 18.1 Å². The van der Waals surface area contributed by atoms with Crippen LogP contribution in [-0.4, -0.2) is 82.4 Å². The lowest BCUT2D eigenvalue weighted by Crippen LogP contribution is -2.49. The number of hydrogen-bond donors (Lipinski definition) is 1. The van der Waals surface area contributed by atoms with Crippen LogP contribution in [0.2, 0.25) is 0 Å². The first kappa shape index (κ1) is 34.6. The summed E-state index contributed by atoms with van der Waals surface area (Å²) < 4.78 is 40.9. The number of rotatable bonds is 11. The third kappa shape index (κ3) is 6.66. The van der Waals surface area contributed by atoms with E-state index < -0.39 is 29.7 Å².